The maximum absolute atomic E-state index is 5.09. The molecule has 2 aromatic rings. The molecule has 13 heavy (non-hydrogen) atoms. The Kier molecular flexibility index (Phi) is 2.18. The molecule has 3 nitrogen and oxygen atoms in total. The third-order valence-electron chi connectivity index (χ3n) is 1.55. The first kappa shape index (κ1) is 7.73. The third kappa shape index (κ3) is 2.02. The van der Waals surface area contributed by atoms with Gasteiger partial charge in [-0.1, -0.05) is 0 Å². The average Bonchev–Trinajstić information content (AvgIpc) is 2.69. The molecular weight excluding hydrogens is 164 g/mol. The van der Waals surface area contributed by atoms with Gasteiger partial charge in [-0.15, -0.1) is 0 Å². The predicted octanol–water partition coefficient (Wildman–Crippen LogP) is 2.43. The molecule has 0 aliphatic carbocycles. The molecule has 3 heteroatoms. The Morgan fingerprint density at radius 2 is 2.08 bits per heavy atom. The summed E-state index contributed by atoms with van der Waals surface area (Å²) in [7, 11) is 0. The predicted molar refractivity (Wildman–Crippen MR) is 50.2 cm³/mol. The van der Waals surface area contributed by atoms with Crippen molar-refractivity contribution >= 4 is 11.9 Å². The van der Waals surface area contributed by atoms with E-state index < -0.39 is 0 Å². The van der Waals surface area contributed by atoms with E-state index in [2.05, 4.69) is 9.98 Å². The summed E-state index contributed by atoms with van der Waals surface area (Å²) in [6.07, 6.45) is 6.70. The van der Waals surface area contributed by atoms with Crippen LogP contribution in [0.1, 0.15) is 5.76 Å². The Bertz CT molecular complexity index is 379. The second kappa shape index (κ2) is 3.67. The van der Waals surface area contributed by atoms with E-state index in [1.165, 1.54) is 0 Å². The Balaban J connectivity index is 2.15. The second-order valence-electron chi connectivity index (χ2n) is 2.48. The fraction of sp³-hybridized carbons (Fsp3) is 0. The molecule has 0 aromatic carbocycles. The molecule has 2 heterocycles. The molecule has 0 bridgehead atoms. The van der Waals surface area contributed by atoms with Crippen molar-refractivity contribution in [1.82, 2.24) is 4.98 Å². The standard InChI is InChI=1S/C10H8N2O/c1-2-10(13-7-1)8-12-9-3-5-11-6-4-9/h1-8H. The van der Waals surface area contributed by atoms with E-state index in [0.717, 1.165) is 11.4 Å². The summed E-state index contributed by atoms with van der Waals surface area (Å²) >= 11 is 0. The minimum absolute atomic E-state index is 0.747. The summed E-state index contributed by atoms with van der Waals surface area (Å²) < 4.78 is 5.09. The number of hydrogen-bond donors (Lipinski definition) is 0. The molecule has 0 saturated carbocycles. The molecule has 0 spiro atoms. The highest BCUT2D eigenvalue weighted by atomic mass is 16.3. The van der Waals surface area contributed by atoms with Gasteiger partial charge in [0, 0.05) is 12.4 Å². The Hall–Kier alpha value is -1.90. The van der Waals surface area contributed by atoms with Gasteiger partial charge in [0.2, 0.25) is 0 Å². The van der Waals surface area contributed by atoms with Gasteiger partial charge in [0.15, 0.2) is 0 Å². The second-order valence-corrected chi connectivity index (χ2v) is 2.48. The van der Waals surface area contributed by atoms with Gasteiger partial charge in [-0.05, 0) is 24.3 Å². The monoisotopic (exact) mass is 172 g/mol. The first-order chi connectivity index (χ1) is 6.45. The molecule has 2 rings (SSSR count). The van der Waals surface area contributed by atoms with E-state index in [1.807, 2.05) is 24.3 Å². The van der Waals surface area contributed by atoms with Crippen LogP contribution in [0.25, 0.3) is 0 Å². The van der Waals surface area contributed by atoms with Gasteiger partial charge in [-0.25, -0.2) is 0 Å². The van der Waals surface area contributed by atoms with Crippen LogP contribution in [0.15, 0.2) is 52.3 Å². The average molecular weight is 172 g/mol. The van der Waals surface area contributed by atoms with Crippen molar-refractivity contribution in [2.45, 2.75) is 0 Å². The lowest BCUT2D eigenvalue weighted by Crippen LogP contribution is -1.73. The van der Waals surface area contributed by atoms with Crippen molar-refractivity contribution in [2.24, 2.45) is 4.99 Å². The Labute approximate surface area is 75.8 Å². The third-order valence-corrected chi connectivity index (χ3v) is 1.55. The molecule has 0 aliphatic heterocycles. The number of rotatable bonds is 2. The van der Waals surface area contributed by atoms with Gasteiger partial charge < -0.3 is 4.42 Å². The van der Waals surface area contributed by atoms with Gasteiger partial charge >= 0.3 is 0 Å². The maximum atomic E-state index is 5.09. The SMILES string of the molecule is C(=Nc1ccncc1)c1ccco1. The van der Waals surface area contributed by atoms with Gasteiger partial charge in [0.05, 0.1) is 18.2 Å². The zero-order valence-electron chi connectivity index (χ0n) is 6.92. The number of hydrogen-bond acceptors (Lipinski definition) is 3. The summed E-state index contributed by atoms with van der Waals surface area (Å²) in [6.45, 7) is 0. The van der Waals surface area contributed by atoms with Crippen LogP contribution in [0.2, 0.25) is 0 Å². The summed E-state index contributed by atoms with van der Waals surface area (Å²) in [5.41, 5.74) is 0.867. The van der Waals surface area contributed by atoms with E-state index >= 15 is 0 Å². The van der Waals surface area contributed by atoms with E-state index in [9.17, 15) is 0 Å². The lowest BCUT2D eigenvalue weighted by Gasteiger charge is -1.88. The van der Waals surface area contributed by atoms with Gasteiger partial charge in [0.1, 0.15) is 5.76 Å². The lowest BCUT2D eigenvalue weighted by atomic mass is 10.4. The molecule has 0 unspecified atom stereocenters. The number of aromatic nitrogens is 1. The molecule has 0 amide bonds. The highest BCUT2D eigenvalue weighted by Crippen LogP contribution is 2.08. The topological polar surface area (TPSA) is 38.4 Å². The van der Waals surface area contributed by atoms with Crippen LogP contribution in [0.3, 0.4) is 0 Å². The molecule has 0 atom stereocenters. The molecule has 0 saturated heterocycles. The van der Waals surface area contributed by atoms with Crippen LogP contribution in [0.5, 0.6) is 0 Å². The minimum Gasteiger partial charge on any atom is -0.463 e. The molecule has 0 radical (unpaired) electrons. The normalized spacial score (nSPS) is 10.8. The zero-order chi connectivity index (χ0) is 8.93. The number of pyridine rings is 1. The molecular formula is C10H8N2O. The summed E-state index contributed by atoms with van der Waals surface area (Å²) in [5, 5.41) is 0. The number of furan rings is 1. The molecule has 0 fully saturated rings. The summed E-state index contributed by atoms with van der Waals surface area (Å²) in [5.74, 6) is 0.747. The molecule has 0 N–H and O–H groups in total. The largest absolute Gasteiger partial charge is 0.463 e. The van der Waals surface area contributed by atoms with Crippen molar-refractivity contribution in [2.75, 3.05) is 0 Å². The maximum Gasteiger partial charge on any atom is 0.144 e. The Morgan fingerprint density at radius 3 is 2.77 bits per heavy atom. The minimum atomic E-state index is 0.747. The summed E-state index contributed by atoms with van der Waals surface area (Å²) in [4.78, 5) is 8.08. The highest BCUT2D eigenvalue weighted by Gasteiger charge is 1.88. The number of nitrogens with zero attached hydrogens (tertiary/aromatic N) is 2. The van der Waals surface area contributed by atoms with Crippen molar-refractivity contribution in [1.29, 1.82) is 0 Å². The fourth-order valence-electron chi connectivity index (χ4n) is 0.933. The van der Waals surface area contributed by atoms with E-state index in [0.29, 0.717) is 0 Å². The van der Waals surface area contributed by atoms with Gasteiger partial charge in [0.25, 0.3) is 0 Å². The van der Waals surface area contributed by atoms with Crippen LogP contribution < -0.4 is 0 Å². The quantitative estimate of drug-likeness (QED) is 0.652. The zero-order valence-corrected chi connectivity index (χ0v) is 6.92. The van der Waals surface area contributed by atoms with Gasteiger partial charge in [-0.3, -0.25) is 9.98 Å². The molecule has 0 aliphatic rings. The summed E-state index contributed by atoms with van der Waals surface area (Å²) in [6, 6.07) is 7.34. The van der Waals surface area contributed by atoms with Crippen LogP contribution in [-0.2, 0) is 0 Å². The van der Waals surface area contributed by atoms with Crippen molar-refractivity contribution in [3.63, 3.8) is 0 Å². The first-order valence-corrected chi connectivity index (χ1v) is 3.93. The van der Waals surface area contributed by atoms with Crippen LogP contribution >= 0.6 is 0 Å². The van der Waals surface area contributed by atoms with Crippen molar-refractivity contribution < 1.29 is 4.42 Å². The number of aliphatic imine (C=N–C) groups is 1. The highest BCUT2D eigenvalue weighted by molar-refractivity contribution is 5.78. The lowest BCUT2D eigenvalue weighted by molar-refractivity contribution is 0.560. The van der Waals surface area contributed by atoms with Crippen molar-refractivity contribution in [3.8, 4) is 0 Å². The smallest absolute Gasteiger partial charge is 0.144 e. The first-order valence-electron chi connectivity index (χ1n) is 3.93. The molecule has 2 aromatic heterocycles. The van der Waals surface area contributed by atoms with E-state index in [-0.39, 0.29) is 0 Å². The fourth-order valence-corrected chi connectivity index (χ4v) is 0.933. The molecule has 64 valence electrons. The van der Waals surface area contributed by atoms with E-state index in [4.69, 9.17) is 4.42 Å². The Morgan fingerprint density at radius 1 is 1.23 bits per heavy atom. The van der Waals surface area contributed by atoms with Gasteiger partial charge in [-0.2, -0.15) is 0 Å². The van der Waals surface area contributed by atoms with Crippen LogP contribution in [0.4, 0.5) is 5.69 Å². The van der Waals surface area contributed by atoms with Crippen LogP contribution in [-0.4, -0.2) is 11.2 Å². The van der Waals surface area contributed by atoms with E-state index in [1.54, 1.807) is 24.9 Å². The van der Waals surface area contributed by atoms with Crippen molar-refractivity contribution in [3.05, 3.63) is 48.7 Å². The van der Waals surface area contributed by atoms with Crippen LogP contribution in [0, 0.1) is 0 Å².